The fourth-order valence-electron chi connectivity index (χ4n) is 5.14. The lowest BCUT2D eigenvalue weighted by Crippen LogP contribution is -2.47. The molecule has 36 heavy (non-hydrogen) atoms. The van der Waals surface area contributed by atoms with Crippen LogP contribution in [-0.2, 0) is 17.4 Å². The summed E-state index contributed by atoms with van der Waals surface area (Å²) in [6.07, 6.45) is 1.68. The number of benzene rings is 1. The van der Waals surface area contributed by atoms with Gasteiger partial charge in [-0.2, -0.15) is 13.2 Å². The van der Waals surface area contributed by atoms with E-state index in [4.69, 9.17) is 0 Å². The van der Waals surface area contributed by atoms with E-state index in [1.54, 1.807) is 0 Å². The Morgan fingerprint density at radius 1 is 1.06 bits per heavy atom. The van der Waals surface area contributed by atoms with Gasteiger partial charge >= 0.3 is 6.18 Å². The van der Waals surface area contributed by atoms with Crippen molar-refractivity contribution < 1.29 is 18.0 Å². The van der Waals surface area contributed by atoms with Crippen LogP contribution >= 0.6 is 0 Å². The molecule has 2 aromatic rings. The summed E-state index contributed by atoms with van der Waals surface area (Å²) >= 11 is 0. The standard InChI is InChI=1S/C27H35F3N4O.CH4/c1-21-6-8-25(9-7-21)33-14-12-32(13-15-33)10-3-5-26(35)34-11-2-4-22(20-34)16-23-17-24(19-31-18-23)27(28,29)30;/h6-9,17-19,22H,2-5,10-16,20H2,1H3;1H4/t22-;/m1./s1. The molecule has 0 unspecified atom stereocenters. The third-order valence-electron chi connectivity index (χ3n) is 7.15. The number of carbonyl (C=O) groups excluding carboxylic acids is 1. The zero-order valence-corrected chi connectivity index (χ0v) is 20.4. The highest BCUT2D eigenvalue weighted by molar-refractivity contribution is 5.76. The Morgan fingerprint density at radius 2 is 1.78 bits per heavy atom. The lowest BCUT2D eigenvalue weighted by Gasteiger charge is -2.36. The van der Waals surface area contributed by atoms with Crippen molar-refractivity contribution in [1.29, 1.82) is 0 Å². The van der Waals surface area contributed by atoms with Crippen LogP contribution in [0.3, 0.4) is 0 Å². The molecule has 2 saturated heterocycles. The van der Waals surface area contributed by atoms with Crippen molar-refractivity contribution in [3.05, 3.63) is 59.4 Å². The van der Waals surface area contributed by atoms with Crippen LogP contribution in [0.2, 0.25) is 0 Å². The second-order valence-electron chi connectivity index (χ2n) is 9.90. The van der Waals surface area contributed by atoms with Gasteiger partial charge in [0.15, 0.2) is 0 Å². The molecule has 0 aliphatic carbocycles. The van der Waals surface area contributed by atoms with E-state index in [0.29, 0.717) is 24.9 Å². The van der Waals surface area contributed by atoms with E-state index in [9.17, 15) is 18.0 Å². The van der Waals surface area contributed by atoms with Gasteiger partial charge < -0.3 is 9.80 Å². The highest BCUT2D eigenvalue weighted by Gasteiger charge is 2.31. The number of likely N-dealkylation sites (tertiary alicyclic amines) is 1. The second kappa shape index (κ2) is 12.6. The molecule has 198 valence electrons. The summed E-state index contributed by atoms with van der Waals surface area (Å²) in [5, 5.41) is 0. The fraction of sp³-hybridized carbons (Fsp3) is 0.571. The van der Waals surface area contributed by atoms with Crippen molar-refractivity contribution >= 4 is 11.6 Å². The maximum absolute atomic E-state index is 13.0. The van der Waals surface area contributed by atoms with E-state index in [1.165, 1.54) is 23.5 Å². The number of hydrogen-bond acceptors (Lipinski definition) is 4. The molecule has 0 radical (unpaired) electrons. The number of aromatic nitrogens is 1. The second-order valence-corrected chi connectivity index (χ2v) is 9.90. The number of halogens is 3. The average molecular weight is 505 g/mol. The van der Waals surface area contributed by atoms with E-state index in [1.807, 2.05) is 4.90 Å². The minimum atomic E-state index is -4.38. The molecule has 5 nitrogen and oxygen atoms in total. The predicted molar refractivity (Wildman–Crippen MR) is 138 cm³/mol. The van der Waals surface area contributed by atoms with E-state index in [2.05, 4.69) is 46.0 Å². The molecule has 8 heteroatoms. The predicted octanol–water partition coefficient (Wildman–Crippen LogP) is 5.43. The van der Waals surface area contributed by atoms with Crippen molar-refractivity contribution in [3.63, 3.8) is 0 Å². The number of amides is 1. The van der Waals surface area contributed by atoms with Gasteiger partial charge in [0.1, 0.15) is 0 Å². The van der Waals surface area contributed by atoms with Gasteiger partial charge in [0.05, 0.1) is 5.56 Å². The molecule has 4 rings (SSSR count). The van der Waals surface area contributed by atoms with Gasteiger partial charge in [0.25, 0.3) is 0 Å². The molecule has 2 aliphatic rings. The van der Waals surface area contributed by atoms with Gasteiger partial charge in [-0.25, -0.2) is 0 Å². The molecule has 1 aromatic heterocycles. The zero-order valence-electron chi connectivity index (χ0n) is 20.4. The SMILES string of the molecule is C.Cc1ccc(N2CCN(CCCC(=O)N3CCC[C@H](Cc4cncc(C(F)(F)F)c4)C3)CC2)cc1. The lowest BCUT2D eigenvalue weighted by molar-refractivity contribution is -0.137. The summed E-state index contributed by atoms with van der Waals surface area (Å²) in [7, 11) is 0. The van der Waals surface area contributed by atoms with Gasteiger partial charge in [-0.3, -0.25) is 14.7 Å². The number of carbonyl (C=O) groups is 1. The van der Waals surface area contributed by atoms with Crippen LogP contribution in [0.15, 0.2) is 42.7 Å². The minimum absolute atomic E-state index is 0. The Morgan fingerprint density at radius 3 is 2.47 bits per heavy atom. The van der Waals surface area contributed by atoms with Crippen molar-refractivity contribution in [2.75, 3.05) is 50.7 Å². The largest absolute Gasteiger partial charge is 0.417 e. The van der Waals surface area contributed by atoms with Crippen LogP contribution in [0.1, 0.15) is 49.8 Å². The fourth-order valence-corrected chi connectivity index (χ4v) is 5.14. The molecule has 1 aromatic carbocycles. The molecular formula is C28H39F3N4O. The smallest absolute Gasteiger partial charge is 0.369 e. The number of nitrogens with zero attached hydrogens (tertiary/aromatic N) is 4. The molecule has 3 heterocycles. The van der Waals surface area contributed by atoms with Crippen molar-refractivity contribution in [1.82, 2.24) is 14.8 Å². The first-order chi connectivity index (χ1) is 16.8. The first-order valence-electron chi connectivity index (χ1n) is 12.6. The van der Waals surface area contributed by atoms with Crippen molar-refractivity contribution in [2.24, 2.45) is 5.92 Å². The Labute approximate surface area is 213 Å². The van der Waals surface area contributed by atoms with Crippen LogP contribution in [0.5, 0.6) is 0 Å². The van der Waals surface area contributed by atoms with Crippen LogP contribution in [0.25, 0.3) is 0 Å². The summed E-state index contributed by atoms with van der Waals surface area (Å²) in [6, 6.07) is 9.84. The summed E-state index contributed by atoms with van der Waals surface area (Å²) in [6.45, 7) is 8.36. The monoisotopic (exact) mass is 504 g/mol. The maximum Gasteiger partial charge on any atom is 0.417 e. The van der Waals surface area contributed by atoms with Gasteiger partial charge in [-0.1, -0.05) is 25.1 Å². The number of piperidine rings is 1. The molecule has 1 atom stereocenters. The number of pyridine rings is 1. The molecule has 0 bridgehead atoms. The Balaban J connectivity index is 0.00000361. The van der Waals surface area contributed by atoms with Crippen molar-refractivity contribution in [3.8, 4) is 0 Å². The molecule has 2 aliphatic heterocycles. The maximum atomic E-state index is 13.0. The summed E-state index contributed by atoms with van der Waals surface area (Å²) in [4.78, 5) is 23.3. The van der Waals surface area contributed by atoms with Crippen LogP contribution < -0.4 is 4.90 Å². The molecule has 0 N–H and O–H groups in total. The molecule has 2 fully saturated rings. The molecular weight excluding hydrogens is 465 g/mol. The first kappa shape index (κ1) is 28.0. The topological polar surface area (TPSA) is 39.7 Å². The van der Waals surface area contributed by atoms with Gasteiger partial charge in [-0.15, -0.1) is 0 Å². The third kappa shape index (κ3) is 7.69. The van der Waals surface area contributed by atoms with Gasteiger partial charge in [-0.05, 0) is 68.8 Å². The number of rotatable bonds is 7. The van der Waals surface area contributed by atoms with E-state index < -0.39 is 11.7 Å². The van der Waals surface area contributed by atoms with Gasteiger partial charge in [0.2, 0.25) is 5.91 Å². The Bertz CT molecular complexity index is 972. The number of aryl methyl sites for hydroxylation is 1. The molecule has 1 amide bonds. The van der Waals surface area contributed by atoms with E-state index in [-0.39, 0.29) is 19.3 Å². The van der Waals surface area contributed by atoms with Crippen LogP contribution in [0.4, 0.5) is 18.9 Å². The number of piperazine rings is 1. The number of alkyl halides is 3. The van der Waals surface area contributed by atoms with Crippen molar-refractivity contribution in [2.45, 2.75) is 52.6 Å². The summed E-state index contributed by atoms with van der Waals surface area (Å²) in [5.41, 5.74) is 2.41. The Kier molecular flexibility index (Phi) is 9.77. The summed E-state index contributed by atoms with van der Waals surface area (Å²) in [5.74, 6) is 0.336. The van der Waals surface area contributed by atoms with Crippen LogP contribution in [0, 0.1) is 12.8 Å². The summed E-state index contributed by atoms with van der Waals surface area (Å²) < 4.78 is 38.9. The highest BCUT2D eigenvalue weighted by atomic mass is 19.4. The van der Waals surface area contributed by atoms with E-state index >= 15 is 0 Å². The van der Waals surface area contributed by atoms with Gasteiger partial charge in [0, 0.05) is 63.8 Å². The molecule has 0 saturated carbocycles. The number of anilines is 1. The average Bonchev–Trinajstić information content (AvgIpc) is 2.85. The van der Waals surface area contributed by atoms with E-state index in [0.717, 1.165) is 64.7 Å². The quantitative estimate of drug-likeness (QED) is 0.504. The normalized spacial score (nSPS) is 19.2. The number of hydrogen-bond donors (Lipinski definition) is 0. The highest BCUT2D eigenvalue weighted by Crippen LogP contribution is 2.30. The first-order valence-corrected chi connectivity index (χ1v) is 12.6. The van der Waals surface area contributed by atoms with Crippen LogP contribution in [-0.4, -0.2) is 66.5 Å². The third-order valence-corrected chi connectivity index (χ3v) is 7.15. The zero-order chi connectivity index (χ0) is 24.8. The lowest BCUT2D eigenvalue weighted by atomic mass is 9.91. The Hall–Kier alpha value is -2.61. The minimum Gasteiger partial charge on any atom is -0.369 e. The molecule has 0 spiro atoms.